The Morgan fingerprint density at radius 3 is 2.33 bits per heavy atom. The van der Waals surface area contributed by atoms with E-state index in [4.69, 9.17) is 0 Å². The van der Waals surface area contributed by atoms with E-state index in [2.05, 4.69) is 72.0 Å². The Bertz CT molecular complexity index is 803. The van der Waals surface area contributed by atoms with Crippen molar-refractivity contribution in [2.24, 2.45) is 0 Å². The van der Waals surface area contributed by atoms with Gasteiger partial charge in [0.15, 0.2) is 0 Å². The Balaban J connectivity index is 2.00. The summed E-state index contributed by atoms with van der Waals surface area (Å²) in [5.41, 5.74) is 9.45. The summed E-state index contributed by atoms with van der Waals surface area (Å²) in [4.78, 5) is 0. The number of benzene rings is 3. The van der Waals surface area contributed by atoms with Crippen molar-refractivity contribution in [3.05, 3.63) is 77.9 Å². The van der Waals surface area contributed by atoms with E-state index >= 15 is 0 Å². The van der Waals surface area contributed by atoms with Gasteiger partial charge in [-0.05, 0) is 40.3 Å². The van der Waals surface area contributed by atoms with E-state index in [9.17, 15) is 0 Å². The second-order valence-electron chi connectivity index (χ2n) is 5.46. The maximum atomic E-state index is 3.35. The van der Waals surface area contributed by atoms with Crippen LogP contribution >= 0.6 is 0 Å². The Labute approximate surface area is 125 Å². The molecule has 3 aromatic carbocycles. The highest BCUT2D eigenvalue weighted by Gasteiger charge is 2.23. The Morgan fingerprint density at radius 1 is 0.762 bits per heavy atom. The van der Waals surface area contributed by atoms with Crippen molar-refractivity contribution < 1.29 is 0 Å². The third kappa shape index (κ3) is 1.85. The summed E-state index contributed by atoms with van der Waals surface area (Å²) in [5, 5.41) is 3.35. The molecule has 1 N–H and O–H groups in total. The summed E-state index contributed by atoms with van der Waals surface area (Å²) in [6.45, 7) is 0. The van der Waals surface area contributed by atoms with Gasteiger partial charge in [0.05, 0.1) is 0 Å². The quantitative estimate of drug-likeness (QED) is 0.543. The SMILES string of the molecule is CNc1ccc2c(c1-c1ccccc1)Cc1ccccc1-2. The largest absolute Gasteiger partial charge is 0.388 e. The molecule has 1 nitrogen and oxygen atoms in total. The van der Waals surface area contributed by atoms with Crippen LogP contribution in [0.4, 0.5) is 5.69 Å². The first-order valence-corrected chi connectivity index (χ1v) is 7.36. The maximum Gasteiger partial charge on any atom is 0.0420 e. The van der Waals surface area contributed by atoms with E-state index < -0.39 is 0 Å². The Kier molecular flexibility index (Phi) is 2.78. The third-order valence-electron chi connectivity index (χ3n) is 4.32. The molecule has 3 aromatic rings. The van der Waals surface area contributed by atoms with E-state index in [1.165, 1.54) is 39.1 Å². The van der Waals surface area contributed by atoms with Crippen LogP contribution in [0.25, 0.3) is 22.3 Å². The first-order valence-electron chi connectivity index (χ1n) is 7.36. The third-order valence-corrected chi connectivity index (χ3v) is 4.32. The molecule has 4 rings (SSSR count). The van der Waals surface area contributed by atoms with E-state index in [-0.39, 0.29) is 0 Å². The molecule has 0 fully saturated rings. The van der Waals surface area contributed by atoms with Gasteiger partial charge in [0.2, 0.25) is 0 Å². The van der Waals surface area contributed by atoms with Gasteiger partial charge in [-0.3, -0.25) is 0 Å². The van der Waals surface area contributed by atoms with E-state index in [1.807, 2.05) is 7.05 Å². The van der Waals surface area contributed by atoms with E-state index in [0.717, 1.165) is 6.42 Å². The molecule has 1 aliphatic carbocycles. The van der Waals surface area contributed by atoms with Crippen molar-refractivity contribution in [2.45, 2.75) is 6.42 Å². The van der Waals surface area contributed by atoms with Gasteiger partial charge in [-0.25, -0.2) is 0 Å². The number of hydrogen-bond acceptors (Lipinski definition) is 1. The molecule has 0 amide bonds. The highest BCUT2D eigenvalue weighted by molar-refractivity contribution is 5.91. The van der Waals surface area contributed by atoms with Gasteiger partial charge in [-0.1, -0.05) is 60.7 Å². The van der Waals surface area contributed by atoms with E-state index in [1.54, 1.807) is 0 Å². The number of fused-ring (bicyclic) bond motifs is 3. The smallest absolute Gasteiger partial charge is 0.0420 e. The summed E-state index contributed by atoms with van der Waals surface area (Å²) in [5.74, 6) is 0. The highest BCUT2D eigenvalue weighted by atomic mass is 14.8. The minimum Gasteiger partial charge on any atom is -0.388 e. The molecule has 0 radical (unpaired) electrons. The van der Waals surface area contributed by atoms with Crippen LogP contribution in [0, 0.1) is 0 Å². The lowest BCUT2D eigenvalue weighted by Crippen LogP contribution is -1.96. The zero-order valence-corrected chi connectivity index (χ0v) is 12.1. The van der Waals surface area contributed by atoms with Crippen LogP contribution in [0.3, 0.4) is 0 Å². The lowest BCUT2D eigenvalue weighted by molar-refractivity contribution is 1.26. The molecule has 0 heterocycles. The summed E-state index contributed by atoms with van der Waals surface area (Å²) in [7, 11) is 2.00. The topological polar surface area (TPSA) is 12.0 Å². The number of anilines is 1. The van der Waals surface area contributed by atoms with Crippen molar-refractivity contribution >= 4 is 5.69 Å². The maximum absolute atomic E-state index is 3.35. The van der Waals surface area contributed by atoms with Crippen molar-refractivity contribution in [3.8, 4) is 22.3 Å². The predicted octanol–water partition coefficient (Wildman–Crippen LogP) is 4.97. The molecular weight excluding hydrogens is 254 g/mol. The van der Waals surface area contributed by atoms with Crippen LogP contribution < -0.4 is 5.32 Å². The summed E-state index contributed by atoms with van der Waals surface area (Å²) in [6.07, 6.45) is 1.02. The molecule has 0 saturated carbocycles. The van der Waals surface area contributed by atoms with Crippen molar-refractivity contribution in [1.82, 2.24) is 0 Å². The van der Waals surface area contributed by atoms with Crippen molar-refractivity contribution in [3.63, 3.8) is 0 Å². The first kappa shape index (κ1) is 12.2. The minimum atomic E-state index is 1.02. The number of nitrogens with one attached hydrogen (secondary N) is 1. The Morgan fingerprint density at radius 2 is 1.52 bits per heavy atom. The lowest BCUT2D eigenvalue weighted by Gasteiger charge is -2.15. The highest BCUT2D eigenvalue weighted by Crippen LogP contribution is 2.44. The minimum absolute atomic E-state index is 1.02. The average molecular weight is 271 g/mol. The van der Waals surface area contributed by atoms with Gasteiger partial charge in [-0.15, -0.1) is 0 Å². The van der Waals surface area contributed by atoms with Gasteiger partial charge in [-0.2, -0.15) is 0 Å². The number of hydrogen-bond donors (Lipinski definition) is 1. The molecule has 0 saturated heterocycles. The predicted molar refractivity (Wildman–Crippen MR) is 89.7 cm³/mol. The van der Waals surface area contributed by atoms with Gasteiger partial charge >= 0.3 is 0 Å². The molecule has 1 aliphatic rings. The molecule has 0 bridgehead atoms. The number of rotatable bonds is 2. The normalized spacial score (nSPS) is 11.9. The van der Waals surface area contributed by atoms with Crippen LogP contribution in [-0.4, -0.2) is 7.05 Å². The molecule has 0 unspecified atom stereocenters. The molecule has 21 heavy (non-hydrogen) atoms. The molecule has 0 spiro atoms. The monoisotopic (exact) mass is 271 g/mol. The fourth-order valence-electron chi connectivity index (χ4n) is 3.35. The van der Waals surface area contributed by atoms with Crippen LogP contribution in [0.5, 0.6) is 0 Å². The molecule has 1 heteroatoms. The standard InChI is InChI=1S/C20H17N/c1-21-19-12-11-17-16-10-6-5-9-15(16)13-18(17)20(19)14-7-3-2-4-8-14/h2-12,21H,13H2,1H3. The van der Waals surface area contributed by atoms with E-state index in [0.29, 0.717) is 0 Å². The van der Waals surface area contributed by atoms with Gasteiger partial charge in [0.1, 0.15) is 0 Å². The van der Waals surface area contributed by atoms with Crippen LogP contribution in [-0.2, 0) is 6.42 Å². The van der Waals surface area contributed by atoms with Crippen LogP contribution in [0.1, 0.15) is 11.1 Å². The first-order chi connectivity index (χ1) is 10.4. The zero-order chi connectivity index (χ0) is 14.2. The molecular formula is C20H17N. The average Bonchev–Trinajstić information content (AvgIpc) is 2.93. The Hall–Kier alpha value is -2.54. The second kappa shape index (κ2) is 4.78. The summed E-state index contributed by atoms with van der Waals surface area (Å²) >= 11 is 0. The fraction of sp³-hybridized carbons (Fsp3) is 0.100. The van der Waals surface area contributed by atoms with Gasteiger partial charge in [0, 0.05) is 18.3 Å². The molecule has 102 valence electrons. The molecule has 0 atom stereocenters. The fourth-order valence-corrected chi connectivity index (χ4v) is 3.35. The van der Waals surface area contributed by atoms with Crippen LogP contribution in [0.2, 0.25) is 0 Å². The van der Waals surface area contributed by atoms with Gasteiger partial charge < -0.3 is 5.32 Å². The van der Waals surface area contributed by atoms with Crippen molar-refractivity contribution in [2.75, 3.05) is 12.4 Å². The van der Waals surface area contributed by atoms with Crippen LogP contribution in [0.15, 0.2) is 66.7 Å². The summed E-state index contributed by atoms with van der Waals surface area (Å²) in [6, 6.07) is 23.8. The second-order valence-corrected chi connectivity index (χ2v) is 5.46. The lowest BCUT2D eigenvalue weighted by atomic mass is 9.94. The van der Waals surface area contributed by atoms with Crippen molar-refractivity contribution in [1.29, 1.82) is 0 Å². The molecule has 0 aliphatic heterocycles. The zero-order valence-electron chi connectivity index (χ0n) is 12.1. The van der Waals surface area contributed by atoms with Gasteiger partial charge in [0.25, 0.3) is 0 Å². The summed E-state index contributed by atoms with van der Waals surface area (Å²) < 4.78 is 0. The molecule has 0 aromatic heterocycles.